The molecule has 7 nitrogen and oxygen atoms in total. The van der Waals surface area contributed by atoms with E-state index in [1.54, 1.807) is 24.4 Å². The number of piperidine rings is 1. The maximum Gasteiger partial charge on any atom is 0.243 e. The van der Waals surface area contributed by atoms with Gasteiger partial charge in [0.2, 0.25) is 16.0 Å². The first-order valence-corrected chi connectivity index (χ1v) is 11.4. The molecule has 1 aromatic heterocycles. The molecular weight excluding hydrogens is 398 g/mol. The van der Waals surface area contributed by atoms with Crippen LogP contribution in [-0.4, -0.2) is 62.0 Å². The molecule has 2 fully saturated rings. The highest BCUT2D eigenvalue weighted by molar-refractivity contribution is 7.89. The van der Waals surface area contributed by atoms with Gasteiger partial charge in [0.15, 0.2) is 0 Å². The minimum Gasteiger partial charge on any atom is -0.354 e. The summed E-state index contributed by atoms with van der Waals surface area (Å²) in [5.41, 5.74) is 0. The summed E-state index contributed by atoms with van der Waals surface area (Å²) >= 11 is 5.96. The van der Waals surface area contributed by atoms with Gasteiger partial charge >= 0.3 is 0 Å². The minimum atomic E-state index is -3.53. The molecule has 2 saturated heterocycles. The highest BCUT2D eigenvalue weighted by Gasteiger charge is 2.29. The molecule has 9 heteroatoms. The van der Waals surface area contributed by atoms with Crippen LogP contribution in [0.3, 0.4) is 0 Å². The van der Waals surface area contributed by atoms with Crippen LogP contribution in [0.2, 0.25) is 5.02 Å². The molecule has 0 saturated carbocycles. The van der Waals surface area contributed by atoms with E-state index in [4.69, 9.17) is 16.6 Å². The number of sulfonamides is 1. The maximum atomic E-state index is 12.9. The van der Waals surface area contributed by atoms with Crippen molar-refractivity contribution >= 4 is 33.4 Å². The lowest BCUT2D eigenvalue weighted by molar-refractivity contribution is 0.383. The van der Waals surface area contributed by atoms with Gasteiger partial charge in [0, 0.05) is 50.5 Å². The number of anilines is 2. The Hall–Kier alpha value is -1.90. The Kier molecular flexibility index (Phi) is 5.70. The standard InChI is InChI=1S/C19H24ClN5O2S/c20-16-5-4-6-17(15-16)28(26,27)25-13-11-23(12-14-25)18-7-8-21-19(22-18)24-9-2-1-3-10-24/h4-8,15H,1-3,9-14H2. The average Bonchev–Trinajstić information content (AvgIpc) is 2.74. The summed E-state index contributed by atoms with van der Waals surface area (Å²) in [6.45, 7) is 4.01. The molecule has 0 bridgehead atoms. The summed E-state index contributed by atoms with van der Waals surface area (Å²) in [5.74, 6) is 1.63. The molecular formula is C19H24ClN5O2S. The second kappa shape index (κ2) is 8.23. The van der Waals surface area contributed by atoms with Crippen LogP contribution in [0.15, 0.2) is 41.4 Å². The van der Waals surface area contributed by atoms with Gasteiger partial charge in [-0.1, -0.05) is 17.7 Å². The van der Waals surface area contributed by atoms with Crippen LogP contribution in [0.5, 0.6) is 0 Å². The minimum absolute atomic E-state index is 0.239. The molecule has 1 aromatic carbocycles. The molecule has 0 unspecified atom stereocenters. The van der Waals surface area contributed by atoms with Crippen molar-refractivity contribution in [1.29, 1.82) is 0 Å². The molecule has 0 aliphatic carbocycles. The topological polar surface area (TPSA) is 69.6 Å². The summed E-state index contributed by atoms with van der Waals surface area (Å²) in [6.07, 6.45) is 5.40. The third-order valence-electron chi connectivity index (χ3n) is 5.26. The van der Waals surface area contributed by atoms with Crippen molar-refractivity contribution in [2.75, 3.05) is 49.1 Å². The maximum absolute atomic E-state index is 12.9. The van der Waals surface area contributed by atoms with E-state index < -0.39 is 10.0 Å². The fourth-order valence-electron chi connectivity index (χ4n) is 3.70. The van der Waals surface area contributed by atoms with Gasteiger partial charge in [0.05, 0.1) is 4.90 Å². The predicted molar refractivity (Wildman–Crippen MR) is 111 cm³/mol. The first kappa shape index (κ1) is 19.4. The van der Waals surface area contributed by atoms with Crippen molar-refractivity contribution in [1.82, 2.24) is 14.3 Å². The number of nitrogens with zero attached hydrogens (tertiary/aromatic N) is 5. The van der Waals surface area contributed by atoms with Gasteiger partial charge in [0.1, 0.15) is 5.82 Å². The van der Waals surface area contributed by atoms with Gasteiger partial charge in [-0.2, -0.15) is 9.29 Å². The van der Waals surface area contributed by atoms with Crippen LogP contribution in [0, 0.1) is 0 Å². The number of benzene rings is 1. The molecule has 0 N–H and O–H groups in total. The number of halogens is 1. The largest absolute Gasteiger partial charge is 0.354 e. The van der Waals surface area contributed by atoms with E-state index in [-0.39, 0.29) is 4.90 Å². The van der Waals surface area contributed by atoms with E-state index in [2.05, 4.69) is 14.8 Å². The molecule has 4 rings (SSSR count). The Morgan fingerprint density at radius 3 is 2.36 bits per heavy atom. The van der Waals surface area contributed by atoms with Crippen molar-refractivity contribution in [3.63, 3.8) is 0 Å². The molecule has 28 heavy (non-hydrogen) atoms. The van der Waals surface area contributed by atoms with E-state index in [0.29, 0.717) is 31.2 Å². The molecule has 3 heterocycles. The lowest BCUT2D eigenvalue weighted by atomic mass is 10.1. The van der Waals surface area contributed by atoms with Gasteiger partial charge in [0.25, 0.3) is 0 Å². The first-order valence-electron chi connectivity index (χ1n) is 9.63. The Morgan fingerprint density at radius 2 is 1.64 bits per heavy atom. The molecule has 2 aliphatic rings. The summed E-state index contributed by atoms with van der Waals surface area (Å²) in [4.78, 5) is 13.8. The Bertz CT molecular complexity index is 925. The normalized spacial score (nSPS) is 19.0. The SMILES string of the molecule is O=S(=O)(c1cccc(Cl)c1)N1CCN(c2ccnc(N3CCCCC3)n2)CC1. The summed E-state index contributed by atoms with van der Waals surface area (Å²) in [6, 6.07) is 8.32. The van der Waals surface area contributed by atoms with Crippen LogP contribution in [0.25, 0.3) is 0 Å². The van der Waals surface area contributed by atoms with Crippen LogP contribution < -0.4 is 9.80 Å². The lowest BCUT2D eigenvalue weighted by Gasteiger charge is -2.35. The highest BCUT2D eigenvalue weighted by Crippen LogP contribution is 2.23. The Labute approximate surface area is 171 Å². The number of hydrogen-bond donors (Lipinski definition) is 0. The molecule has 150 valence electrons. The molecule has 0 radical (unpaired) electrons. The monoisotopic (exact) mass is 421 g/mol. The fourth-order valence-corrected chi connectivity index (χ4v) is 5.42. The van der Waals surface area contributed by atoms with E-state index >= 15 is 0 Å². The number of hydrogen-bond acceptors (Lipinski definition) is 6. The van der Waals surface area contributed by atoms with Crippen molar-refractivity contribution in [3.05, 3.63) is 41.6 Å². The number of piperazine rings is 1. The van der Waals surface area contributed by atoms with Gasteiger partial charge in [-0.15, -0.1) is 0 Å². The Morgan fingerprint density at radius 1 is 0.893 bits per heavy atom. The van der Waals surface area contributed by atoms with Crippen molar-refractivity contribution in [2.45, 2.75) is 24.2 Å². The predicted octanol–water partition coefficient (Wildman–Crippen LogP) is 2.63. The second-order valence-corrected chi connectivity index (χ2v) is 9.49. The first-order chi connectivity index (χ1) is 13.5. The molecule has 0 amide bonds. The van der Waals surface area contributed by atoms with Crippen molar-refractivity contribution in [3.8, 4) is 0 Å². The second-order valence-electron chi connectivity index (χ2n) is 7.11. The summed E-state index contributed by atoms with van der Waals surface area (Å²) < 4.78 is 27.2. The molecule has 2 aliphatic heterocycles. The van der Waals surface area contributed by atoms with Gasteiger partial charge < -0.3 is 9.80 Å². The van der Waals surface area contributed by atoms with E-state index in [1.165, 1.54) is 29.6 Å². The fraction of sp³-hybridized carbons (Fsp3) is 0.474. The summed E-state index contributed by atoms with van der Waals surface area (Å²) in [5, 5.41) is 0.422. The number of aromatic nitrogens is 2. The molecule has 2 aromatic rings. The lowest BCUT2D eigenvalue weighted by Crippen LogP contribution is -2.49. The summed E-state index contributed by atoms with van der Waals surface area (Å²) in [7, 11) is -3.53. The third kappa shape index (κ3) is 4.09. The van der Waals surface area contributed by atoms with Crippen LogP contribution in [0.1, 0.15) is 19.3 Å². The average molecular weight is 422 g/mol. The van der Waals surface area contributed by atoms with Crippen molar-refractivity contribution in [2.24, 2.45) is 0 Å². The Balaban J connectivity index is 1.44. The highest BCUT2D eigenvalue weighted by atomic mass is 35.5. The van der Waals surface area contributed by atoms with E-state index in [0.717, 1.165) is 24.9 Å². The van der Waals surface area contributed by atoms with Crippen LogP contribution >= 0.6 is 11.6 Å². The zero-order chi connectivity index (χ0) is 19.6. The zero-order valence-corrected chi connectivity index (χ0v) is 17.2. The van der Waals surface area contributed by atoms with Gasteiger partial charge in [-0.05, 0) is 43.5 Å². The molecule has 0 spiro atoms. The van der Waals surface area contributed by atoms with E-state index in [9.17, 15) is 8.42 Å². The smallest absolute Gasteiger partial charge is 0.243 e. The van der Waals surface area contributed by atoms with Gasteiger partial charge in [-0.25, -0.2) is 13.4 Å². The zero-order valence-electron chi connectivity index (χ0n) is 15.7. The van der Waals surface area contributed by atoms with E-state index in [1.807, 2.05) is 6.07 Å². The molecule has 0 atom stereocenters. The van der Waals surface area contributed by atoms with Gasteiger partial charge in [-0.3, -0.25) is 0 Å². The quantitative estimate of drug-likeness (QED) is 0.755. The van der Waals surface area contributed by atoms with Crippen LogP contribution in [0.4, 0.5) is 11.8 Å². The van der Waals surface area contributed by atoms with Crippen LogP contribution in [-0.2, 0) is 10.0 Å². The number of rotatable bonds is 4. The third-order valence-corrected chi connectivity index (χ3v) is 7.39. The van der Waals surface area contributed by atoms with Crippen molar-refractivity contribution < 1.29 is 8.42 Å².